The van der Waals surface area contributed by atoms with Gasteiger partial charge in [0, 0.05) is 0 Å². The summed E-state index contributed by atoms with van der Waals surface area (Å²) < 4.78 is 0. The molecule has 0 aliphatic rings. The summed E-state index contributed by atoms with van der Waals surface area (Å²) in [6.07, 6.45) is 1.03. The molecule has 0 aliphatic heterocycles. The van der Waals surface area contributed by atoms with E-state index in [4.69, 9.17) is 5.26 Å². The monoisotopic (exact) mass is 204 g/mol. The van der Waals surface area contributed by atoms with Crippen molar-refractivity contribution in [3.63, 3.8) is 0 Å². The topological polar surface area (TPSA) is 35.8 Å². The number of hydrogen-bond acceptors (Lipinski definition) is 2. The predicted molar refractivity (Wildman–Crippen MR) is 64.8 cm³/mol. The molecule has 0 spiro atoms. The van der Waals surface area contributed by atoms with Crippen LogP contribution in [0.2, 0.25) is 0 Å². The van der Waals surface area contributed by atoms with Gasteiger partial charge >= 0.3 is 0 Å². The number of nitrogens with one attached hydrogen (secondary N) is 1. The van der Waals surface area contributed by atoms with Gasteiger partial charge in [-0.1, -0.05) is 32.9 Å². The summed E-state index contributed by atoms with van der Waals surface area (Å²) in [5.74, 6) is 0. The van der Waals surface area contributed by atoms with Crippen LogP contribution in [-0.2, 0) is 6.42 Å². The molecule has 2 nitrogen and oxygen atoms in total. The standard InChI is InChI=1S/C11H14N2.C2H6/c1-2-13-8-7-10-3-5-11(9-12)6-4-10;1-2/h3-6,13H,2,7-8H2,1H3;1-2H3. The van der Waals surface area contributed by atoms with Crippen molar-refractivity contribution in [1.29, 1.82) is 5.26 Å². The number of rotatable bonds is 4. The molecule has 0 fully saturated rings. The van der Waals surface area contributed by atoms with Crippen LogP contribution in [0.1, 0.15) is 31.9 Å². The van der Waals surface area contributed by atoms with Crippen LogP contribution < -0.4 is 5.32 Å². The van der Waals surface area contributed by atoms with Crippen LogP contribution in [0, 0.1) is 11.3 Å². The molecule has 1 N–H and O–H groups in total. The van der Waals surface area contributed by atoms with E-state index in [1.165, 1.54) is 5.56 Å². The van der Waals surface area contributed by atoms with Crippen LogP contribution in [0.15, 0.2) is 24.3 Å². The highest BCUT2D eigenvalue weighted by atomic mass is 14.8. The molecular formula is C13H20N2. The minimum absolute atomic E-state index is 0.729. The molecule has 0 radical (unpaired) electrons. The Morgan fingerprint density at radius 2 is 1.80 bits per heavy atom. The summed E-state index contributed by atoms with van der Waals surface area (Å²) in [6, 6.07) is 9.85. The predicted octanol–water partition coefficient (Wildman–Crippen LogP) is 2.74. The number of nitriles is 1. The number of nitrogens with zero attached hydrogens (tertiary/aromatic N) is 1. The van der Waals surface area contributed by atoms with Gasteiger partial charge in [-0.2, -0.15) is 5.26 Å². The second kappa shape index (κ2) is 9.23. The van der Waals surface area contributed by atoms with E-state index in [2.05, 4.69) is 18.3 Å². The molecule has 82 valence electrons. The van der Waals surface area contributed by atoms with E-state index >= 15 is 0 Å². The third-order valence-electron chi connectivity index (χ3n) is 1.92. The average molecular weight is 204 g/mol. The lowest BCUT2D eigenvalue weighted by Crippen LogP contribution is -2.15. The number of hydrogen-bond donors (Lipinski definition) is 1. The Bertz CT molecular complexity index is 282. The zero-order chi connectivity index (χ0) is 11.5. The first-order chi connectivity index (χ1) is 7.36. The fourth-order valence-electron chi connectivity index (χ4n) is 1.16. The first-order valence-corrected chi connectivity index (χ1v) is 5.56. The van der Waals surface area contributed by atoms with Crippen molar-refractivity contribution in [2.24, 2.45) is 0 Å². The molecule has 0 amide bonds. The molecule has 2 heteroatoms. The molecule has 0 saturated heterocycles. The van der Waals surface area contributed by atoms with E-state index < -0.39 is 0 Å². The summed E-state index contributed by atoms with van der Waals surface area (Å²) in [5, 5.41) is 11.8. The fourth-order valence-corrected chi connectivity index (χ4v) is 1.16. The molecule has 1 aromatic carbocycles. The molecule has 0 aromatic heterocycles. The lowest BCUT2D eigenvalue weighted by molar-refractivity contribution is 0.716. The normalized spacial score (nSPS) is 8.67. The number of likely N-dealkylation sites (N-methyl/N-ethyl adjacent to an activating group) is 1. The Morgan fingerprint density at radius 1 is 1.20 bits per heavy atom. The summed E-state index contributed by atoms with van der Waals surface area (Å²) in [5.41, 5.74) is 2.01. The number of benzene rings is 1. The van der Waals surface area contributed by atoms with Crippen molar-refractivity contribution in [2.75, 3.05) is 13.1 Å². The van der Waals surface area contributed by atoms with Gasteiger partial charge in [0.25, 0.3) is 0 Å². The first kappa shape index (κ1) is 13.7. The zero-order valence-corrected chi connectivity index (χ0v) is 9.88. The van der Waals surface area contributed by atoms with E-state index in [0.717, 1.165) is 25.1 Å². The van der Waals surface area contributed by atoms with Crippen LogP contribution in [0.25, 0.3) is 0 Å². The third-order valence-corrected chi connectivity index (χ3v) is 1.92. The average Bonchev–Trinajstić information content (AvgIpc) is 2.33. The Labute approximate surface area is 92.9 Å². The summed E-state index contributed by atoms with van der Waals surface area (Å²) >= 11 is 0. The zero-order valence-electron chi connectivity index (χ0n) is 9.88. The van der Waals surface area contributed by atoms with Crippen molar-refractivity contribution in [3.8, 4) is 6.07 Å². The van der Waals surface area contributed by atoms with Gasteiger partial charge in [0.2, 0.25) is 0 Å². The Kier molecular flexibility index (Phi) is 8.42. The highest BCUT2D eigenvalue weighted by molar-refractivity contribution is 5.31. The van der Waals surface area contributed by atoms with Gasteiger partial charge in [-0.15, -0.1) is 0 Å². The van der Waals surface area contributed by atoms with E-state index in [1.807, 2.05) is 38.1 Å². The molecule has 1 rings (SSSR count). The quantitative estimate of drug-likeness (QED) is 0.765. The first-order valence-electron chi connectivity index (χ1n) is 5.56. The van der Waals surface area contributed by atoms with Crippen molar-refractivity contribution >= 4 is 0 Å². The second-order valence-electron chi connectivity index (χ2n) is 2.91. The van der Waals surface area contributed by atoms with E-state index in [0.29, 0.717) is 0 Å². The van der Waals surface area contributed by atoms with Crippen molar-refractivity contribution in [3.05, 3.63) is 35.4 Å². The highest BCUT2D eigenvalue weighted by Crippen LogP contribution is 2.03. The van der Waals surface area contributed by atoms with Gasteiger partial charge in [0.05, 0.1) is 11.6 Å². The molecule has 0 atom stereocenters. The maximum absolute atomic E-state index is 8.58. The summed E-state index contributed by atoms with van der Waals surface area (Å²) in [6.45, 7) is 8.11. The minimum Gasteiger partial charge on any atom is -0.317 e. The van der Waals surface area contributed by atoms with Gasteiger partial charge < -0.3 is 5.32 Å². The Morgan fingerprint density at radius 3 is 2.27 bits per heavy atom. The lowest BCUT2D eigenvalue weighted by atomic mass is 10.1. The van der Waals surface area contributed by atoms with Gasteiger partial charge in [-0.3, -0.25) is 0 Å². The SMILES string of the molecule is CC.CCNCCc1ccc(C#N)cc1. The van der Waals surface area contributed by atoms with E-state index in [9.17, 15) is 0 Å². The van der Waals surface area contributed by atoms with Crippen LogP contribution >= 0.6 is 0 Å². The maximum Gasteiger partial charge on any atom is 0.0991 e. The molecule has 15 heavy (non-hydrogen) atoms. The molecular weight excluding hydrogens is 184 g/mol. The van der Waals surface area contributed by atoms with Crippen molar-refractivity contribution in [2.45, 2.75) is 27.2 Å². The largest absolute Gasteiger partial charge is 0.317 e. The molecule has 1 aromatic rings. The van der Waals surface area contributed by atoms with E-state index in [1.54, 1.807) is 0 Å². The second-order valence-corrected chi connectivity index (χ2v) is 2.91. The molecule has 0 unspecified atom stereocenters. The molecule has 0 bridgehead atoms. The van der Waals surface area contributed by atoms with Crippen LogP contribution in [0.3, 0.4) is 0 Å². The Balaban J connectivity index is 0.000000921. The van der Waals surface area contributed by atoms with Crippen LogP contribution in [0.5, 0.6) is 0 Å². The summed E-state index contributed by atoms with van der Waals surface area (Å²) in [7, 11) is 0. The fraction of sp³-hybridized carbons (Fsp3) is 0.462. The molecule has 0 saturated carbocycles. The third kappa shape index (κ3) is 5.87. The molecule has 0 aliphatic carbocycles. The van der Waals surface area contributed by atoms with Gasteiger partial charge in [0.1, 0.15) is 0 Å². The van der Waals surface area contributed by atoms with Crippen LogP contribution in [-0.4, -0.2) is 13.1 Å². The minimum atomic E-state index is 0.729. The van der Waals surface area contributed by atoms with Gasteiger partial charge in [0.15, 0.2) is 0 Å². The maximum atomic E-state index is 8.58. The van der Waals surface area contributed by atoms with Gasteiger partial charge in [-0.05, 0) is 37.2 Å². The van der Waals surface area contributed by atoms with Crippen LogP contribution in [0.4, 0.5) is 0 Å². The highest BCUT2D eigenvalue weighted by Gasteiger charge is 1.92. The van der Waals surface area contributed by atoms with Crippen molar-refractivity contribution < 1.29 is 0 Å². The lowest BCUT2D eigenvalue weighted by Gasteiger charge is -2.01. The van der Waals surface area contributed by atoms with Gasteiger partial charge in [-0.25, -0.2) is 0 Å². The van der Waals surface area contributed by atoms with E-state index in [-0.39, 0.29) is 0 Å². The summed E-state index contributed by atoms with van der Waals surface area (Å²) in [4.78, 5) is 0. The molecule has 0 heterocycles. The Hall–Kier alpha value is -1.33. The smallest absolute Gasteiger partial charge is 0.0991 e. The van der Waals surface area contributed by atoms with Crippen molar-refractivity contribution in [1.82, 2.24) is 5.32 Å².